The van der Waals surface area contributed by atoms with Crippen LogP contribution in [-0.4, -0.2) is 14.8 Å². The van der Waals surface area contributed by atoms with E-state index in [4.69, 9.17) is 5.73 Å². The molecule has 0 aliphatic carbocycles. The highest BCUT2D eigenvalue weighted by Crippen LogP contribution is 2.14. The second-order valence-electron chi connectivity index (χ2n) is 4.10. The minimum atomic E-state index is 0.437. The van der Waals surface area contributed by atoms with E-state index in [1.165, 1.54) is 0 Å². The molecule has 2 aromatic rings. The second-order valence-corrected chi connectivity index (χ2v) is 4.10. The van der Waals surface area contributed by atoms with Gasteiger partial charge in [-0.1, -0.05) is 13.8 Å². The maximum Gasteiger partial charge on any atom is 0.0832 e. The minimum absolute atomic E-state index is 0.437. The van der Waals surface area contributed by atoms with Crippen LogP contribution in [0.5, 0.6) is 0 Å². The summed E-state index contributed by atoms with van der Waals surface area (Å²) in [7, 11) is 0. The fourth-order valence-corrected chi connectivity index (χ4v) is 1.50. The normalized spacial score (nSPS) is 11.0. The molecular weight excluding hydrogens is 200 g/mol. The predicted octanol–water partition coefficient (Wildman–Crippen LogP) is 1.85. The summed E-state index contributed by atoms with van der Waals surface area (Å²) in [4.78, 5) is 4.15. The van der Waals surface area contributed by atoms with E-state index in [1.54, 1.807) is 12.4 Å². The van der Waals surface area contributed by atoms with E-state index in [0.717, 1.165) is 16.9 Å². The lowest BCUT2D eigenvalue weighted by Crippen LogP contribution is -2.02. The molecule has 0 spiro atoms. The quantitative estimate of drug-likeness (QED) is 0.851. The highest BCUT2D eigenvalue weighted by molar-refractivity contribution is 5.31. The van der Waals surface area contributed by atoms with Crippen LogP contribution in [0.1, 0.15) is 31.0 Å². The molecule has 84 valence electrons. The maximum atomic E-state index is 5.58. The van der Waals surface area contributed by atoms with Gasteiger partial charge in [0.05, 0.1) is 17.6 Å². The van der Waals surface area contributed by atoms with Crippen molar-refractivity contribution < 1.29 is 0 Å². The van der Waals surface area contributed by atoms with Gasteiger partial charge in [0, 0.05) is 18.9 Å². The molecule has 0 aromatic carbocycles. The van der Waals surface area contributed by atoms with Crippen LogP contribution in [-0.2, 0) is 6.54 Å². The number of hydrogen-bond donors (Lipinski definition) is 1. The Morgan fingerprint density at radius 1 is 1.38 bits per heavy atom. The summed E-state index contributed by atoms with van der Waals surface area (Å²) >= 11 is 0. The lowest BCUT2D eigenvalue weighted by Gasteiger charge is -2.03. The first kappa shape index (κ1) is 10.8. The summed E-state index contributed by atoms with van der Waals surface area (Å²) in [5, 5.41) is 4.49. The van der Waals surface area contributed by atoms with E-state index >= 15 is 0 Å². The van der Waals surface area contributed by atoms with Crippen molar-refractivity contribution in [2.75, 3.05) is 0 Å². The van der Waals surface area contributed by atoms with Gasteiger partial charge in [0.25, 0.3) is 0 Å². The first-order valence-corrected chi connectivity index (χ1v) is 5.40. The summed E-state index contributed by atoms with van der Waals surface area (Å²) < 4.78 is 1.83. The minimum Gasteiger partial charge on any atom is -0.326 e. The Bertz CT molecular complexity index is 473. The topological polar surface area (TPSA) is 56.7 Å². The zero-order chi connectivity index (χ0) is 11.5. The first-order chi connectivity index (χ1) is 7.70. The molecule has 0 saturated carbocycles. The van der Waals surface area contributed by atoms with Crippen LogP contribution in [0.3, 0.4) is 0 Å². The molecule has 16 heavy (non-hydrogen) atoms. The van der Waals surface area contributed by atoms with Gasteiger partial charge < -0.3 is 5.73 Å². The van der Waals surface area contributed by atoms with Crippen molar-refractivity contribution in [3.63, 3.8) is 0 Å². The van der Waals surface area contributed by atoms with Gasteiger partial charge in [-0.3, -0.25) is 4.98 Å². The Morgan fingerprint density at radius 2 is 2.19 bits per heavy atom. The van der Waals surface area contributed by atoms with Crippen LogP contribution in [0, 0.1) is 0 Å². The van der Waals surface area contributed by atoms with Crippen LogP contribution in [0.25, 0.3) is 5.69 Å². The van der Waals surface area contributed by atoms with E-state index in [2.05, 4.69) is 23.9 Å². The maximum absolute atomic E-state index is 5.58. The molecule has 0 bridgehead atoms. The number of nitrogens with zero attached hydrogens (tertiary/aromatic N) is 3. The lowest BCUT2D eigenvalue weighted by atomic mass is 10.1. The van der Waals surface area contributed by atoms with Gasteiger partial charge in [-0.15, -0.1) is 0 Å². The van der Waals surface area contributed by atoms with Gasteiger partial charge in [0.2, 0.25) is 0 Å². The molecule has 0 unspecified atom stereocenters. The summed E-state index contributed by atoms with van der Waals surface area (Å²) in [6.45, 7) is 4.75. The van der Waals surface area contributed by atoms with Gasteiger partial charge in [0.15, 0.2) is 0 Å². The number of aromatic nitrogens is 3. The molecule has 0 aliphatic rings. The molecule has 2 rings (SSSR count). The summed E-state index contributed by atoms with van der Waals surface area (Å²) in [5.41, 5.74) is 8.63. The van der Waals surface area contributed by atoms with Crippen LogP contribution >= 0.6 is 0 Å². The summed E-state index contributed by atoms with van der Waals surface area (Å²) in [6.07, 6.45) is 5.51. The molecule has 0 atom stereocenters. The SMILES string of the molecule is CC(C)c1ccn(-c2cncc(CN)c2)n1. The molecule has 0 fully saturated rings. The molecule has 0 radical (unpaired) electrons. The molecule has 2 aromatic heterocycles. The zero-order valence-corrected chi connectivity index (χ0v) is 9.59. The smallest absolute Gasteiger partial charge is 0.0832 e. The average Bonchev–Trinajstić information content (AvgIpc) is 2.78. The first-order valence-electron chi connectivity index (χ1n) is 5.40. The highest BCUT2D eigenvalue weighted by atomic mass is 15.3. The Balaban J connectivity index is 2.34. The molecule has 0 aliphatic heterocycles. The van der Waals surface area contributed by atoms with Crippen molar-refractivity contribution in [1.82, 2.24) is 14.8 Å². The number of rotatable bonds is 3. The fourth-order valence-electron chi connectivity index (χ4n) is 1.50. The monoisotopic (exact) mass is 216 g/mol. The van der Waals surface area contributed by atoms with Crippen molar-refractivity contribution in [3.05, 3.63) is 42.0 Å². The molecule has 0 amide bonds. The standard InChI is InChI=1S/C12H16N4/c1-9(2)12-3-4-16(15-12)11-5-10(6-13)7-14-8-11/h3-5,7-9H,6,13H2,1-2H3. The van der Waals surface area contributed by atoms with Crippen molar-refractivity contribution >= 4 is 0 Å². The predicted molar refractivity (Wildman–Crippen MR) is 63.3 cm³/mol. The Labute approximate surface area is 95.1 Å². The Morgan fingerprint density at radius 3 is 2.81 bits per heavy atom. The number of pyridine rings is 1. The van der Waals surface area contributed by atoms with E-state index in [1.807, 2.05) is 23.0 Å². The Kier molecular flexibility index (Phi) is 3.01. The number of nitrogens with two attached hydrogens (primary N) is 1. The van der Waals surface area contributed by atoms with E-state index in [-0.39, 0.29) is 0 Å². The molecule has 2 heterocycles. The third kappa shape index (κ3) is 2.12. The molecule has 4 heteroatoms. The van der Waals surface area contributed by atoms with Gasteiger partial charge >= 0.3 is 0 Å². The van der Waals surface area contributed by atoms with Gasteiger partial charge in [-0.05, 0) is 23.6 Å². The van der Waals surface area contributed by atoms with Crippen molar-refractivity contribution in [2.24, 2.45) is 5.73 Å². The summed E-state index contributed by atoms with van der Waals surface area (Å²) in [5.74, 6) is 0.437. The van der Waals surface area contributed by atoms with E-state index < -0.39 is 0 Å². The largest absolute Gasteiger partial charge is 0.326 e. The number of hydrogen-bond acceptors (Lipinski definition) is 3. The van der Waals surface area contributed by atoms with Crippen LogP contribution in [0.2, 0.25) is 0 Å². The molecule has 2 N–H and O–H groups in total. The second kappa shape index (κ2) is 4.45. The fraction of sp³-hybridized carbons (Fsp3) is 0.333. The third-order valence-corrected chi connectivity index (χ3v) is 2.48. The van der Waals surface area contributed by atoms with E-state index in [0.29, 0.717) is 12.5 Å². The molecular formula is C12H16N4. The average molecular weight is 216 g/mol. The Hall–Kier alpha value is -1.68. The lowest BCUT2D eigenvalue weighted by molar-refractivity contribution is 0.765. The zero-order valence-electron chi connectivity index (χ0n) is 9.59. The van der Waals surface area contributed by atoms with E-state index in [9.17, 15) is 0 Å². The summed E-state index contributed by atoms with van der Waals surface area (Å²) in [6, 6.07) is 4.03. The third-order valence-electron chi connectivity index (χ3n) is 2.48. The highest BCUT2D eigenvalue weighted by Gasteiger charge is 2.05. The molecule has 4 nitrogen and oxygen atoms in total. The van der Waals surface area contributed by atoms with Gasteiger partial charge in [-0.25, -0.2) is 4.68 Å². The van der Waals surface area contributed by atoms with Crippen LogP contribution in [0.15, 0.2) is 30.7 Å². The van der Waals surface area contributed by atoms with Gasteiger partial charge in [-0.2, -0.15) is 5.10 Å². The van der Waals surface area contributed by atoms with Crippen molar-refractivity contribution in [2.45, 2.75) is 26.3 Å². The van der Waals surface area contributed by atoms with Crippen LogP contribution < -0.4 is 5.73 Å². The van der Waals surface area contributed by atoms with Crippen molar-refractivity contribution in [3.8, 4) is 5.69 Å². The van der Waals surface area contributed by atoms with Crippen molar-refractivity contribution in [1.29, 1.82) is 0 Å². The van der Waals surface area contributed by atoms with Crippen LogP contribution in [0.4, 0.5) is 0 Å². The van der Waals surface area contributed by atoms with Gasteiger partial charge in [0.1, 0.15) is 0 Å². The molecule has 0 saturated heterocycles.